The Bertz CT molecular complexity index is 3220. The van der Waals surface area contributed by atoms with Crippen LogP contribution in [0.4, 0.5) is 0 Å². The number of hydrogen-bond donors (Lipinski definition) is 0. The molecule has 0 saturated heterocycles. The van der Waals surface area contributed by atoms with E-state index in [4.69, 9.17) is 4.42 Å². The third-order valence-electron chi connectivity index (χ3n) is 11.7. The van der Waals surface area contributed by atoms with Crippen LogP contribution in [0.1, 0.15) is 16.7 Å². The topological polar surface area (TPSA) is 36.9 Å². The molecule has 256 valence electrons. The first-order valence-corrected chi connectivity index (χ1v) is 18.9. The zero-order chi connectivity index (χ0) is 36.5. The lowest BCUT2D eigenvalue weighted by molar-refractivity contribution is 0.669. The molecule has 55 heavy (non-hydrogen) atoms. The minimum absolute atomic E-state index is 0.0641. The molecule has 2 heteroatoms. The molecule has 8 aromatic carbocycles. The summed E-state index contributed by atoms with van der Waals surface area (Å²) in [5.74, 6) is 0.132. The second kappa shape index (κ2) is 12.4. The van der Waals surface area contributed by atoms with E-state index < -0.39 is 0 Å². The molecule has 0 spiro atoms. The molecule has 2 aliphatic carbocycles. The fourth-order valence-corrected chi connectivity index (χ4v) is 9.54. The van der Waals surface area contributed by atoms with Crippen LogP contribution in [0.25, 0.3) is 76.9 Å². The van der Waals surface area contributed by atoms with Crippen molar-refractivity contribution in [3.05, 3.63) is 215 Å². The number of fused-ring (bicyclic) bond motifs is 7. The maximum Gasteiger partial charge on any atom is 0.143 e. The summed E-state index contributed by atoms with van der Waals surface area (Å²) in [4.78, 5) is 0. The van der Waals surface area contributed by atoms with Gasteiger partial charge in [-0.3, -0.25) is 0 Å². The first-order chi connectivity index (χ1) is 27.3. The summed E-state index contributed by atoms with van der Waals surface area (Å²) in [5, 5.41) is 19.6. The van der Waals surface area contributed by atoms with Crippen molar-refractivity contribution in [3.8, 4) is 28.3 Å². The van der Waals surface area contributed by atoms with Crippen molar-refractivity contribution in [3.63, 3.8) is 0 Å². The molecule has 1 heterocycles. The van der Waals surface area contributed by atoms with E-state index in [2.05, 4.69) is 176 Å². The zero-order valence-corrected chi connectivity index (χ0v) is 29.9. The summed E-state index contributed by atoms with van der Waals surface area (Å²) in [7, 11) is 0. The van der Waals surface area contributed by atoms with Crippen LogP contribution in [0.2, 0.25) is 0 Å². The van der Waals surface area contributed by atoms with E-state index in [1.165, 1.54) is 65.4 Å². The first kappa shape index (κ1) is 31.3. The molecule has 0 aliphatic heterocycles. The molecule has 0 radical (unpaired) electrons. The molecule has 9 aromatic rings. The summed E-state index contributed by atoms with van der Waals surface area (Å²) in [6, 6.07) is 60.7. The Hall–Kier alpha value is -7.21. The lowest BCUT2D eigenvalue weighted by Crippen LogP contribution is -2.40. The zero-order valence-electron chi connectivity index (χ0n) is 29.9. The lowest BCUT2D eigenvalue weighted by atomic mass is 9.69. The lowest BCUT2D eigenvalue weighted by Gasteiger charge is -2.33. The van der Waals surface area contributed by atoms with Crippen LogP contribution in [0.5, 0.6) is 0 Å². The predicted molar refractivity (Wildman–Crippen MR) is 227 cm³/mol. The van der Waals surface area contributed by atoms with E-state index in [1.807, 2.05) is 18.2 Å². The summed E-state index contributed by atoms with van der Waals surface area (Å²) in [6.07, 6.45) is 8.97. The molecular formula is C53H33NO. The van der Waals surface area contributed by atoms with Crippen LogP contribution in [0.15, 0.2) is 193 Å². The summed E-state index contributed by atoms with van der Waals surface area (Å²) < 4.78 is 7.04. The number of nitriles is 1. The predicted octanol–water partition coefficient (Wildman–Crippen LogP) is 11.9. The largest absolute Gasteiger partial charge is 0.455 e. The number of para-hydroxylation sites is 1. The molecule has 11 rings (SSSR count). The maximum absolute atomic E-state index is 10.2. The molecule has 0 fully saturated rings. The van der Waals surface area contributed by atoms with E-state index in [0.29, 0.717) is 5.56 Å². The highest BCUT2D eigenvalue weighted by molar-refractivity contribution is 6.24. The van der Waals surface area contributed by atoms with Gasteiger partial charge in [0.05, 0.1) is 11.6 Å². The Labute approximate surface area is 318 Å². The van der Waals surface area contributed by atoms with Crippen molar-refractivity contribution in [1.82, 2.24) is 0 Å². The van der Waals surface area contributed by atoms with Crippen molar-refractivity contribution >= 4 is 54.6 Å². The number of allylic oxidation sites excluding steroid dienone is 4. The quantitative estimate of drug-likeness (QED) is 0.172. The second-order valence-electron chi connectivity index (χ2n) is 14.5. The third kappa shape index (κ3) is 4.67. The van der Waals surface area contributed by atoms with Gasteiger partial charge in [-0.2, -0.15) is 5.26 Å². The molecule has 2 aliphatic rings. The smallest absolute Gasteiger partial charge is 0.143 e. The van der Waals surface area contributed by atoms with Crippen LogP contribution < -0.4 is 10.4 Å². The van der Waals surface area contributed by atoms with Crippen molar-refractivity contribution in [2.75, 3.05) is 0 Å². The van der Waals surface area contributed by atoms with Gasteiger partial charge in [0, 0.05) is 33.7 Å². The molecule has 0 bridgehead atoms. The molecule has 2 unspecified atom stereocenters. The van der Waals surface area contributed by atoms with E-state index in [9.17, 15) is 5.26 Å². The van der Waals surface area contributed by atoms with Crippen molar-refractivity contribution in [2.24, 2.45) is 11.8 Å². The molecular weight excluding hydrogens is 667 g/mol. The maximum atomic E-state index is 10.2. The molecule has 2 nitrogen and oxygen atoms in total. The van der Waals surface area contributed by atoms with Crippen LogP contribution >= 0.6 is 0 Å². The van der Waals surface area contributed by atoms with Crippen LogP contribution in [0.3, 0.4) is 0 Å². The van der Waals surface area contributed by atoms with Gasteiger partial charge in [-0.05, 0) is 77.5 Å². The monoisotopic (exact) mass is 699 g/mol. The van der Waals surface area contributed by atoms with E-state index in [-0.39, 0.29) is 11.8 Å². The SMILES string of the molecule is N#Cc1ccccc1C1=c2ccccc2=C(c2cccc3oc4c(-c5c6ccccc6c(-c6ccccc6)c6ccccc56)cccc4c23)C2C=CC=CC12. The van der Waals surface area contributed by atoms with Gasteiger partial charge in [-0.1, -0.05) is 176 Å². The van der Waals surface area contributed by atoms with Gasteiger partial charge in [0.2, 0.25) is 0 Å². The number of nitrogens with zero attached hydrogens (tertiary/aromatic N) is 1. The van der Waals surface area contributed by atoms with Gasteiger partial charge in [0.1, 0.15) is 11.2 Å². The first-order valence-electron chi connectivity index (χ1n) is 18.9. The number of rotatable bonds is 4. The third-order valence-corrected chi connectivity index (χ3v) is 11.7. The summed E-state index contributed by atoms with van der Waals surface area (Å²) >= 11 is 0. The van der Waals surface area contributed by atoms with Gasteiger partial charge < -0.3 is 4.42 Å². The van der Waals surface area contributed by atoms with Crippen LogP contribution in [-0.2, 0) is 0 Å². The Kier molecular flexibility index (Phi) is 7.09. The average molecular weight is 700 g/mol. The normalized spacial score (nSPS) is 16.1. The van der Waals surface area contributed by atoms with E-state index in [1.54, 1.807) is 0 Å². The minimum Gasteiger partial charge on any atom is -0.455 e. The molecule has 0 amide bonds. The van der Waals surface area contributed by atoms with Gasteiger partial charge in [0.15, 0.2) is 0 Å². The summed E-state index contributed by atoms with van der Waals surface area (Å²) in [5.41, 5.74) is 11.8. The molecule has 2 atom stereocenters. The fraction of sp³-hybridized carbons (Fsp3) is 0.0377. The molecule has 1 aromatic heterocycles. The molecule has 0 saturated carbocycles. The Morgan fingerprint density at radius 2 is 0.945 bits per heavy atom. The highest BCUT2D eigenvalue weighted by Gasteiger charge is 2.34. The van der Waals surface area contributed by atoms with E-state index in [0.717, 1.165) is 33.1 Å². The van der Waals surface area contributed by atoms with Crippen LogP contribution in [0, 0.1) is 23.2 Å². The standard InChI is InChI=1S/C53H33NO/c54-32-34-18-4-5-19-35(34)49-40-24-10-12-26-42(40)50(43-27-13-11-25-41(43)49)44-28-15-31-47-52(44)46-30-14-29-45(53(46)55-47)51-38-22-8-6-20-36(38)48(33-16-2-1-3-17-33)37-21-7-9-23-39(37)51/h1-31,40,42H. The van der Waals surface area contributed by atoms with Crippen molar-refractivity contribution in [1.29, 1.82) is 5.26 Å². The van der Waals surface area contributed by atoms with Crippen molar-refractivity contribution in [2.45, 2.75) is 0 Å². The van der Waals surface area contributed by atoms with Gasteiger partial charge >= 0.3 is 0 Å². The fourth-order valence-electron chi connectivity index (χ4n) is 9.54. The Morgan fingerprint density at radius 3 is 1.62 bits per heavy atom. The molecule has 0 N–H and O–H groups in total. The summed E-state index contributed by atoms with van der Waals surface area (Å²) in [6.45, 7) is 0. The highest BCUT2D eigenvalue weighted by atomic mass is 16.3. The average Bonchev–Trinajstić information content (AvgIpc) is 3.65. The second-order valence-corrected chi connectivity index (χ2v) is 14.5. The highest BCUT2D eigenvalue weighted by Crippen LogP contribution is 2.48. The minimum atomic E-state index is 0.0641. The van der Waals surface area contributed by atoms with Gasteiger partial charge in [-0.15, -0.1) is 0 Å². The number of hydrogen-bond acceptors (Lipinski definition) is 2. The Morgan fingerprint density at radius 1 is 0.436 bits per heavy atom. The van der Waals surface area contributed by atoms with Gasteiger partial charge in [0.25, 0.3) is 0 Å². The Balaban J connectivity index is 1.23. The van der Waals surface area contributed by atoms with Crippen molar-refractivity contribution < 1.29 is 4.42 Å². The number of benzene rings is 8. The van der Waals surface area contributed by atoms with Gasteiger partial charge in [-0.25, -0.2) is 0 Å². The van der Waals surface area contributed by atoms with Crippen LogP contribution in [-0.4, -0.2) is 0 Å². The number of furan rings is 1. The van der Waals surface area contributed by atoms with E-state index >= 15 is 0 Å².